The Hall–Kier alpha value is -3.63. The Balaban J connectivity index is 1.69. The molecule has 4 heterocycles. The van der Waals surface area contributed by atoms with Gasteiger partial charge in [-0.3, -0.25) is 4.79 Å². The van der Waals surface area contributed by atoms with Crippen LogP contribution in [0.15, 0.2) is 43.0 Å². The van der Waals surface area contributed by atoms with E-state index in [4.69, 9.17) is 4.98 Å². The van der Waals surface area contributed by atoms with Gasteiger partial charge in [-0.25, -0.2) is 4.98 Å². The summed E-state index contributed by atoms with van der Waals surface area (Å²) in [5, 5.41) is 13.8. The average molecular weight is 455 g/mol. The number of nitriles is 1. The third-order valence-corrected chi connectivity index (χ3v) is 7.03. The van der Waals surface area contributed by atoms with Crippen molar-refractivity contribution in [2.45, 2.75) is 32.9 Å². The van der Waals surface area contributed by atoms with E-state index in [1.807, 2.05) is 24.0 Å². The van der Waals surface area contributed by atoms with E-state index in [1.165, 1.54) is 11.1 Å². The van der Waals surface area contributed by atoms with E-state index in [-0.39, 0.29) is 5.91 Å². The Morgan fingerprint density at radius 2 is 2.00 bits per heavy atom. The lowest BCUT2D eigenvalue weighted by Crippen LogP contribution is -2.46. The minimum Gasteiger partial charge on any atom is -0.350 e. The molecule has 3 aromatic rings. The second kappa shape index (κ2) is 9.32. The summed E-state index contributed by atoms with van der Waals surface area (Å²) in [7, 11) is 0. The van der Waals surface area contributed by atoms with Crippen LogP contribution in [0.25, 0.3) is 10.9 Å². The monoisotopic (exact) mass is 454 g/mol. The van der Waals surface area contributed by atoms with Gasteiger partial charge in [-0.05, 0) is 36.1 Å². The molecule has 0 radical (unpaired) electrons. The second-order valence-corrected chi connectivity index (χ2v) is 9.01. The fourth-order valence-electron chi connectivity index (χ4n) is 5.24. The van der Waals surface area contributed by atoms with Crippen molar-refractivity contribution in [3.63, 3.8) is 0 Å². The van der Waals surface area contributed by atoms with Gasteiger partial charge in [-0.1, -0.05) is 30.3 Å². The lowest BCUT2D eigenvalue weighted by Gasteiger charge is -2.31. The van der Waals surface area contributed by atoms with Gasteiger partial charge < -0.3 is 19.7 Å². The smallest absolute Gasteiger partial charge is 0.272 e. The molecule has 1 fully saturated rings. The molecule has 0 atom stereocenters. The lowest BCUT2D eigenvalue weighted by molar-refractivity contribution is 0.0730. The number of nitrogens with one attached hydrogen (secondary N) is 1. The standard InChI is InChI=1S/C27H30N6O/c1-3-13-33-19(2)22(8-10-28)23-17-24(27(34)31-15-11-29-12-16-31)30-26(25(23)33)32-14-9-20-6-4-5-7-21(20)18-32/h3-7,17,29H,1,8-9,11-16,18H2,2H3. The minimum atomic E-state index is -0.0425. The molecular formula is C27H30N6O. The predicted octanol–water partition coefficient (Wildman–Crippen LogP) is 3.20. The second-order valence-electron chi connectivity index (χ2n) is 9.01. The number of anilines is 1. The molecule has 0 saturated carbocycles. The fourth-order valence-corrected chi connectivity index (χ4v) is 5.24. The first kappa shape index (κ1) is 22.2. The number of hydrogen-bond donors (Lipinski definition) is 1. The summed E-state index contributed by atoms with van der Waals surface area (Å²) < 4.78 is 2.19. The first-order valence-corrected chi connectivity index (χ1v) is 11.9. The molecule has 7 heteroatoms. The maximum atomic E-state index is 13.5. The van der Waals surface area contributed by atoms with E-state index in [0.29, 0.717) is 31.7 Å². The zero-order valence-electron chi connectivity index (χ0n) is 19.7. The number of aromatic nitrogens is 2. The summed E-state index contributed by atoms with van der Waals surface area (Å²) in [5.74, 6) is 0.777. The van der Waals surface area contributed by atoms with E-state index in [1.54, 1.807) is 0 Å². The summed E-state index contributed by atoms with van der Waals surface area (Å²) in [6, 6.07) is 12.7. The number of pyridine rings is 1. The van der Waals surface area contributed by atoms with Crippen molar-refractivity contribution >= 4 is 22.6 Å². The molecule has 0 unspecified atom stereocenters. The highest BCUT2D eigenvalue weighted by Crippen LogP contribution is 2.36. The molecule has 1 aromatic carbocycles. The van der Waals surface area contributed by atoms with Crippen LogP contribution in [0, 0.1) is 18.3 Å². The topological polar surface area (TPSA) is 77.2 Å². The summed E-state index contributed by atoms with van der Waals surface area (Å²) in [5.41, 5.74) is 6.10. The van der Waals surface area contributed by atoms with Crippen molar-refractivity contribution in [2.24, 2.45) is 0 Å². The van der Waals surface area contributed by atoms with Gasteiger partial charge in [0.15, 0.2) is 5.82 Å². The third-order valence-electron chi connectivity index (χ3n) is 7.03. The Kier molecular flexibility index (Phi) is 6.08. The van der Waals surface area contributed by atoms with Crippen LogP contribution in [0.2, 0.25) is 0 Å². The maximum absolute atomic E-state index is 13.5. The number of amides is 1. The Morgan fingerprint density at radius 3 is 2.74 bits per heavy atom. The van der Waals surface area contributed by atoms with Crippen molar-refractivity contribution in [2.75, 3.05) is 37.6 Å². The zero-order chi connectivity index (χ0) is 23.7. The van der Waals surface area contributed by atoms with Crippen LogP contribution in [0.3, 0.4) is 0 Å². The number of rotatable bonds is 5. The Labute approximate surface area is 200 Å². The molecule has 34 heavy (non-hydrogen) atoms. The van der Waals surface area contributed by atoms with Crippen LogP contribution in [0.1, 0.15) is 32.9 Å². The molecule has 1 amide bonds. The number of carbonyl (C=O) groups excluding carboxylic acids is 1. The van der Waals surface area contributed by atoms with Gasteiger partial charge in [0.1, 0.15) is 5.69 Å². The van der Waals surface area contributed by atoms with E-state index in [2.05, 4.69) is 51.7 Å². The summed E-state index contributed by atoms with van der Waals surface area (Å²) in [4.78, 5) is 22.7. The summed E-state index contributed by atoms with van der Waals surface area (Å²) >= 11 is 0. The SMILES string of the molecule is C=CCn1c(C)c(CC#N)c2cc(C(=O)N3CCNCC3)nc(N3CCc4ccccc4C3)c21. The molecular weight excluding hydrogens is 424 g/mol. The molecule has 5 rings (SSSR count). The van der Waals surface area contributed by atoms with Crippen LogP contribution < -0.4 is 10.2 Å². The van der Waals surface area contributed by atoms with Crippen LogP contribution in [0.4, 0.5) is 5.82 Å². The number of benzene rings is 1. The lowest BCUT2D eigenvalue weighted by atomic mass is 9.99. The molecule has 0 spiro atoms. The minimum absolute atomic E-state index is 0.0425. The van der Waals surface area contributed by atoms with E-state index in [9.17, 15) is 10.1 Å². The first-order valence-electron chi connectivity index (χ1n) is 11.9. The Morgan fingerprint density at radius 1 is 1.24 bits per heavy atom. The third kappa shape index (κ3) is 3.84. The highest BCUT2D eigenvalue weighted by molar-refractivity contribution is 6.01. The van der Waals surface area contributed by atoms with Crippen molar-refractivity contribution in [3.8, 4) is 6.07 Å². The van der Waals surface area contributed by atoms with Crippen LogP contribution in [-0.4, -0.2) is 53.1 Å². The summed E-state index contributed by atoms with van der Waals surface area (Å²) in [6.07, 6.45) is 3.10. The molecule has 0 aliphatic carbocycles. The highest BCUT2D eigenvalue weighted by atomic mass is 16.2. The average Bonchev–Trinajstić information content (AvgIpc) is 3.14. The molecule has 7 nitrogen and oxygen atoms in total. The fraction of sp³-hybridized carbons (Fsp3) is 0.370. The van der Waals surface area contributed by atoms with Gasteiger partial charge in [0.2, 0.25) is 0 Å². The molecule has 1 saturated heterocycles. The van der Waals surface area contributed by atoms with Crippen LogP contribution in [-0.2, 0) is 25.9 Å². The normalized spacial score (nSPS) is 15.8. The van der Waals surface area contributed by atoms with E-state index in [0.717, 1.165) is 60.6 Å². The number of piperazine rings is 1. The van der Waals surface area contributed by atoms with Gasteiger partial charge in [0.25, 0.3) is 5.91 Å². The number of fused-ring (bicyclic) bond motifs is 2. The largest absolute Gasteiger partial charge is 0.350 e. The van der Waals surface area contributed by atoms with Crippen molar-refractivity contribution in [1.29, 1.82) is 5.26 Å². The zero-order valence-corrected chi connectivity index (χ0v) is 19.7. The number of carbonyl (C=O) groups is 1. The molecule has 1 N–H and O–H groups in total. The van der Waals surface area contributed by atoms with Gasteiger partial charge in [0, 0.05) is 56.9 Å². The van der Waals surface area contributed by atoms with Gasteiger partial charge in [-0.2, -0.15) is 5.26 Å². The number of nitrogens with zero attached hydrogens (tertiary/aromatic N) is 5. The molecule has 2 aliphatic rings. The van der Waals surface area contributed by atoms with Crippen molar-refractivity contribution in [3.05, 3.63) is 71.1 Å². The molecule has 2 aliphatic heterocycles. The van der Waals surface area contributed by atoms with Gasteiger partial charge in [0.05, 0.1) is 18.0 Å². The van der Waals surface area contributed by atoms with Crippen molar-refractivity contribution < 1.29 is 4.79 Å². The Bertz CT molecular complexity index is 1290. The number of hydrogen-bond acceptors (Lipinski definition) is 5. The molecule has 2 aromatic heterocycles. The van der Waals surface area contributed by atoms with Gasteiger partial charge >= 0.3 is 0 Å². The first-order chi connectivity index (χ1) is 16.6. The van der Waals surface area contributed by atoms with E-state index < -0.39 is 0 Å². The van der Waals surface area contributed by atoms with Crippen LogP contribution >= 0.6 is 0 Å². The van der Waals surface area contributed by atoms with Crippen LogP contribution in [0.5, 0.6) is 0 Å². The molecule has 0 bridgehead atoms. The number of allylic oxidation sites excluding steroid dienone is 1. The van der Waals surface area contributed by atoms with Crippen molar-refractivity contribution in [1.82, 2.24) is 19.8 Å². The maximum Gasteiger partial charge on any atom is 0.272 e. The highest BCUT2D eigenvalue weighted by Gasteiger charge is 2.27. The van der Waals surface area contributed by atoms with Gasteiger partial charge in [-0.15, -0.1) is 6.58 Å². The quantitative estimate of drug-likeness (QED) is 0.599. The summed E-state index contributed by atoms with van der Waals surface area (Å²) in [6.45, 7) is 11.1. The predicted molar refractivity (Wildman–Crippen MR) is 134 cm³/mol. The van der Waals surface area contributed by atoms with E-state index >= 15 is 0 Å². The molecule has 174 valence electrons.